The van der Waals surface area contributed by atoms with Crippen molar-refractivity contribution >= 4 is 0 Å². The SMILES string of the molecule is CC(C)(C)c1nnc(CO)n1-c1ccccc1. The normalized spacial score (nSPS) is 11.8. The lowest BCUT2D eigenvalue weighted by atomic mass is 9.95. The standard InChI is InChI=1S/C13H17N3O/c1-13(2,3)12-15-14-11(9-17)16(12)10-7-5-4-6-8-10/h4-8,17H,9H2,1-3H3. The van der Waals surface area contributed by atoms with Crippen LogP contribution in [-0.4, -0.2) is 19.9 Å². The van der Waals surface area contributed by atoms with Crippen LogP contribution in [0.3, 0.4) is 0 Å². The van der Waals surface area contributed by atoms with Crippen LogP contribution < -0.4 is 0 Å². The Morgan fingerprint density at radius 2 is 1.76 bits per heavy atom. The van der Waals surface area contributed by atoms with Crippen molar-refractivity contribution in [1.29, 1.82) is 0 Å². The molecule has 0 aliphatic heterocycles. The van der Waals surface area contributed by atoms with Crippen LogP contribution in [0.5, 0.6) is 0 Å². The van der Waals surface area contributed by atoms with Gasteiger partial charge in [0.1, 0.15) is 12.4 Å². The third kappa shape index (κ3) is 2.22. The van der Waals surface area contributed by atoms with Gasteiger partial charge in [0.2, 0.25) is 0 Å². The summed E-state index contributed by atoms with van der Waals surface area (Å²) in [7, 11) is 0. The zero-order valence-corrected chi connectivity index (χ0v) is 10.4. The van der Waals surface area contributed by atoms with E-state index in [1.165, 1.54) is 0 Å². The van der Waals surface area contributed by atoms with Gasteiger partial charge in [-0.05, 0) is 12.1 Å². The van der Waals surface area contributed by atoms with Crippen molar-refractivity contribution in [1.82, 2.24) is 14.8 Å². The number of nitrogens with zero attached hydrogens (tertiary/aromatic N) is 3. The molecule has 2 aromatic rings. The van der Waals surface area contributed by atoms with Gasteiger partial charge in [-0.2, -0.15) is 0 Å². The van der Waals surface area contributed by atoms with Gasteiger partial charge in [-0.1, -0.05) is 39.0 Å². The zero-order valence-electron chi connectivity index (χ0n) is 10.4. The van der Waals surface area contributed by atoms with E-state index >= 15 is 0 Å². The van der Waals surface area contributed by atoms with Gasteiger partial charge >= 0.3 is 0 Å². The number of aliphatic hydroxyl groups excluding tert-OH is 1. The molecule has 0 bridgehead atoms. The van der Waals surface area contributed by atoms with E-state index in [1.807, 2.05) is 34.9 Å². The summed E-state index contributed by atoms with van der Waals surface area (Å²) in [6, 6.07) is 9.85. The lowest BCUT2D eigenvalue weighted by molar-refractivity contribution is 0.268. The lowest BCUT2D eigenvalue weighted by Crippen LogP contribution is -2.19. The average molecular weight is 231 g/mol. The minimum atomic E-state index is -0.115. The quantitative estimate of drug-likeness (QED) is 0.860. The maximum Gasteiger partial charge on any atom is 0.163 e. The second kappa shape index (κ2) is 4.30. The zero-order chi connectivity index (χ0) is 12.5. The molecule has 1 aromatic carbocycles. The van der Waals surface area contributed by atoms with E-state index < -0.39 is 0 Å². The van der Waals surface area contributed by atoms with Crippen LogP contribution in [0.2, 0.25) is 0 Å². The second-order valence-corrected chi connectivity index (χ2v) is 5.02. The first-order chi connectivity index (χ1) is 8.04. The molecule has 0 aliphatic rings. The van der Waals surface area contributed by atoms with Gasteiger partial charge in [-0.3, -0.25) is 4.57 Å². The Kier molecular flexibility index (Phi) is 2.98. The molecule has 4 nitrogen and oxygen atoms in total. The fourth-order valence-electron chi connectivity index (χ4n) is 1.75. The molecule has 0 spiro atoms. The van der Waals surface area contributed by atoms with Gasteiger partial charge in [0.25, 0.3) is 0 Å². The predicted octanol–water partition coefficient (Wildman–Crippen LogP) is 2.06. The number of hydrogen-bond donors (Lipinski definition) is 1. The Morgan fingerprint density at radius 1 is 1.12 bits per heavy atom. The minimum Gasteiger partial charge on any atom is -0.388 e. The highest BCUT2D eigenvalue weighted by atomic mass is 16.3. The molecular weight excluding hydrogens is 214 g/mol. The van der Waals surface area contributed by atoms with Crippen molar-refractivity contribution in [3.63, 3.8) is 0 Å². The predicted molar refractivity (Wildman–Crippen MR) is 66.0 cm³/mol. The van der Waals surface area contributed by atoms with Crippen LogP contribution in [0.1, 0.15) is 32.4 Å². The van der Waals surface area contributed by atoms with Gasteiger partial charge in [0.05, 0.1) is 0 Å². The van der Waals surface area contributed by atoms with Crippen LogP contribution in [0.15, 0.2) is 30.3 Å². The first-order valence-corrected chi connectivity index (χ1v) is 5.65. The highest BCUT2D eigenvalue weighted by Gasteiger charge is 2.24. The van der Waals surface area contributed by atoms with Gasteiger partial charge < -0.3 is 5.11 Å². The molecule has 4 heteroatoms. The summed E-state index contributed by atoms with van der Waals surface area (Å²) in [6.45, 7) is 6.13. The second-order valence-electron chi connectivity index (χ2n) is 5.02. The summed E-state index contributed by atoms with van der Waals surface area (Å²) in [5.74, 6) is 1.42. The molecule has 1 heterocycles. The lowest BCUT2D eigenvalue weighted by Gasteiger charge is -2.19. The Hall–Kier alpha value is -1.68. The molecule has 2 rings (SSSR count). The van der Waals surface area contributed by atoms with Crippen LogP contribution in [-0.2, 0) is 12.0 Å². The number of para-hydroxylation sites is 1. The molecule has 17 heavy (non-hydrogen) atoms. The fourth-order valence-corrected chi connectivity index (χ4v) is 1.75. The summed E-state index contributed by atoms with van der Waals surface area (Å²) in [6.07, 6.45) is 0. The maximum atomic E-state index is 9.34. The first-order valence-electron chi connectivity index (χ1n) is 5.65. The number of benzene rings is 1. The summed E-state index contributed by atoms with van der Waals surface area (Å²) in [5.41, 5.74) is 0.863. The summed E-state index contributed by atoms with van der Waals surface area (Å²) in [5, 5.41) is 17.6. The number of aliphatic hydroxyl groups is 1. The Balaban J connectivity index is 2.62. The van der Waals surface area contributed by atoms with E-state index in [0.29, 0.717) is 5.82 Å². The molecular formula is C13H17N3O. The molecule has 0 saturated heterocycles. The van der Waals surface area contributed by atoms with Crippen molar-refractivity contribution in [2.75, 3.05) is 0 Å². The molecule has 0 saturated carbocycles. The number of rotatable bonds is 2. The number of aromatic nitrogens is 3. The van der Waals surface area contributed by atoms with E-state index in [9.17, 15) is 5.11 Å². The highest BCUT2D eigenvalue weighted by Crippen LogP contribution is 2.24. The van der Waals surface area contributed by atoms with Gasteiger partial charge in [-0.15, -0.1) is 10.2 Å². The Labute approximate surface area is 101 Å². The molecule has 0 amide bonds. The fraction of sp³-hybridized carbons (Fsp3) is 0.385. The average Bonchev–Trinajstić information content (AvgIpc) is 2.73. The van der Waals surface area contributed by atoms with E-state index in [2.05, 4.69) is 31.0 Å². The molecule has 0 atom stereocenters. The molecule has 1 aromatic heterocycles. The van der Waals surface area contributed by atoms with E-state index in [-0.39, 0.29) is 12.0 Å². The largest absolute Gasteiger partial charge is 0.388 e. The minimum absolute atomic E-state index is 0.113. The van der Waals surface area contributed by atoms with Crippen LogP contribution in [0, 0.1) is 0 Å². The third-order valence-electron chi connectivity index (χ3n) is 2.56. The van der Waals surface area contributed by atoms with Gasteiger partial charge in [0.15, 0.2) is 5.82 Å². The molecule has 1 N–H and O–H groups in total. The third-order valence-corrected chi connectivity index (χ3v) is 2.56. The van der Waals surface area contributed by atoms with Crippen LogP contribution in [0.25, 0.3) is 5.69 Å². The van der Waals surface area contributed by atoms with Crippen LogP contribution in [0.4, 0.5) is 0 Å². The van der Waals surface area contributed by atoms with Gasteiger partial charge in [-0.25, -0.2) is 0 Å². The summed E-state index contributed by atoms with van der Waals surface area (Å²) in [4.78, 5) is 0. The summed E-state index contributed by atoms with van der Waals surface area (Å²) < 4.78 is 1.92. The molecule has 0 aliphatic carbocycles. The topological polar surface area (TPSA) is 50.9 Å². The van der Waals surface area contributed by atoms with Crippen molar-refractivity contribution < 1.29 is 5.11 Å². The molecule has 0 unspecified atom stereocenters. The Morgan fingerprint density at radius 3 is 2.29 bits per heavy atom. The first kappa shape index (κ1) is 11.8. The van der Waals surface area contributed by atoms with Crippen molar-refractivity contribution in [3.05, 3.63) is 42.0 Å². The van der Waals surface area contributed by atoms with E-state index in [0.717, 1.165) is 11.5 Å². The molecule has 0 radical (unpaired) electrons. The monoisotopic (exact) mass is 231 g/mol. The maximum absolute atomic E-state index is 9.34. The Bertz CT molecular complexity index is 497. The van der Waals surface area contributed by atoms with Gasteiger partial charge in [0, 0.05) is 11.1 Å². The van der Waals surface area contributed by atoms with Crippen molar-refractivity contribution in [3.8, 4) is 5.69 Å². The van der Waals surface area contributed by atoms with Crippen molar-refractivity contribution in [2.45, 2.75) is 32.8 Å². The smallest absolute Gasteiger partial charge is 0.163 e. The molecule has 0 fully saturated rings. The number of hydrogen-bond acceptors (Lipinski definition) is 3. The van der Waals surface area contributed by atoms with Crippen LogP contribution >= 0.6 is 0 Å². The van der Waals surface area contributed by atoms with Crippen molar-refractivity contribution in [2.24, 2.45) is 0 Å². The van der Waals surface area contributed by atoms with E-state index in [1.54, 1.807) is 0 Å². The highest BCUT2D eigenvalue weighted by molar-refractivity contribution is 5.35. The van der Waals surface area contributed by atoms with E-state index in [4.69, 9.17) is 0 Å². The summed E-state index contributed by atoms with van der Waals surface area (Å²) >= 11 is 0. The molecule has 90 valence electrons.